The summed E-state index contributed by atoms with van der Waals surface area (Å²) in [6.07, 6.45) is 1.65. The molecule has 3 aromatic rings. The minimum atomic E-state index is -0.258. The van der Waals surface area contributed by atoms with E-state index in [1.807, 2.05) is 43.0 Å². The van der Waals surface area contributed by atoms with Crippen molar-refractivity contribution in [2.45, 2.75) is 19.8 Å². The number of fused-ring (bicyclic) bond motifs is 1. The number of methoxy groups -OCH3 is 1. The Morgan fingerprint density at radius 2 is 1.83 bits per heavy atom. The van der Waals surface area contributed by atoms with E-state index in [-0.39, 0.29) is 11.8 Å². The van der Waals surface area contributed by atoms with Crippen LogP contribution in [0, 0.1) is 18.8 Å². The van der Waals surface area contributed by atoms with Crippen molar-refractivity contribution in [2.75, 3.05) is 37.4 Å². The molecule has 5 rings (SSSR count). The molecule has 1 aliphatic carbocycles. The number of aryl methyl sites for hydroxylation is 1. The van der Waals surface area contributed by atoms with E-state index >= 15 is 0 Å². The second-order valence-electron chi connectivity index (χ2n) is 9.25. The predicted molar refractivity (Wildman–Crippen MR) is 136 cm³/mol. The highest BCUT2D eigenvalue weighted by molar-refractivity contribution is 6.08. The van der Waals surface area contributed by atoms with Gasteiger partial charge in [0, 0.05) is 37.1 Å². The van der Waals surface area contributed by atoms with Crippen LogP contribution >= 0.6 is 0 Å². The third-order valence-electron chi connectivity index (χ3n) is 7.11. The second kappa shape index (κ2) is 9.41. The number of hydrogen-bond acceptors (Lipinski definition) is 5. The largest absolute Gasteiger partial charge is 0.497 e. The molecular formula is C28H30N4O3. The predicted octanol–water partition coefficient (Wildman–Crippen LogP) is 4.57. The molecule has 1 aromatic heterocycles. The molecule has 0 spiro atoms. The molecule has 180 valence electrons. The number of likely N-dealkylation sites (tertiary alicyclic amines) is 1. The Morgan fingerprint density at radius 1 is 1.09 bits per heavy atom. The van der Waals surface area contributed by atoms with Gasteiger partial charge in [-0.3, -0.25) is 9.59 Å². The number of rotatable bonds is 7. The Hall–Kier alpha value is -3.87. The van der Waals surface area contributed by atoms with Crippen LogP contribution in [0.25, 0.3) is 0 Å². The molecule has 7 nitrogen and oxygen atoms in total. The summed E-state index contributed by atoms with van der Waals surface area (Å²) < 4.78 is 5.26. The fraction of sp³-hybridized carbons (Fsp3) is 0.321. The summed E-state index contributed by atoms with van der Waals surface area (Å²) in [6.45, 7) is 6.06. The lowest BCUT2D eigenvalue weighted by molar-refractivity contribution is 0.0772. The van der Waals surface area contributed by atoms with Crippen LogP contribution in [0.5, 0.6) is 5.75 Å². The number of nitrogens with one attached hydrogen (secondary N) is 2. The van der Waals surface area contributed by atoms with Crippen LogP contribution in [0.3, 0.4) is 0 Å². The van der Waals surface area contributed by atoms with Crippen LogP contribution in [0.2, 0.25) is 0 Å². The number of amides is 2. The number of carbonyl (C=O) groups excluding carboxylic acids is 2. The molecule has 2 N–H and O–H groups in total. The topological polar surface area (TPSA) is 83.6 Å². The van der Waals surface area contributed by atoms with Crippen molar-refractivity contribution < 1.29 is 14.3 Å². The summed E-state index contributed by atoms with van der Waals surface area (Å²) in [6, 6.07) is 17.2. The van der Waals surface area contributed by atoms with Crippen LogP contribution in [-0.2, 0) is 0 Å². The fourth-order valence-electron chi connectivity index (χ4n) is 5.17. The lowest BCUT2D eigenvalue weighted by Crippen LogP contribution is -2.31. The summed E-state index contributed by atoms with van der Waals surface area (Å²) in [5, 5.41) is 6.08. The maximum absolute atomic E-state index is 13.3. The highest BCUT2D eigenvalue weighted by atomic mass is 16.5. The smallest absolute Gasteiger partial charge is 0.259 e. The van der Waals surface area contributed by atoms with Crippen molar-refractivity contribution in [1.82, 2.24) is 9.88 Å². The first-order valence-electron chi connectivity index (χ1n) is 12.0. The average Bonchev–Trinajstić information content (AvgIpc) is 3.37. The van der Waals surface area contributed by atoms with Crippen LogP contribution in [0.15, 0.2) is 60.8 Å². The van der Waals surface area contributed by atoms with E-state index < -0.39 is 0 Å². The van der Waals surface area contributed by atoms with E-state index in [4.69, 9.17) is 4.74 Å². The average molecular weight is 471 g/mol. The van der Waals surface area contributed by atoms with Gasteiger partial charge in [-0.05, 0) is 79.1 Å². The van der Waals surface area contributed by atoms with Gasteiger partial charge >= 0.3 is 0 Å². The molecule has 2 unspecified atom stereocenters. The number of anilines is 2. The van der Waals surface area contributed by atoms with Crippen LogP contribution < -0.4 is 15.4 Å². The van der Waals surface area contributed by atoms with Gasteiger partial charge in [-0.15, -0.1) is 0 Å². The molecule has 2 aliphatic rings. The zero-order valence-electron chi connectivity index (χ0n) is 20.2. The highest BCUT2D eigenvalue weighted by Crippen LogP contribution is 2.58. The monoisotopic (exact) mass is 470 g/mol. The van der Waals surface area contributed by atoms with Crippen LogP contribution in [0.4, 0.5) is 11.5 Å². The van der Waals surface area contributed by atoms with Gasteiger partial charge in [-0.25, -0.2) is 4.98 Å². The van der Waals surface area contributed by atoms with Gasteiger partial charge in [0.1, 0.15) is 11.6 Å². The van der Waals surface area contributed by atoms with Crippen LogP contribution in [-0.4, -0.2) is 48.4 Å². The summed E-state index contributed by atoms with van der Waals surface area (Å²) in [7, 11) is 1.67. The zero-order valence-corrected chi connectivity index (χ0v) is 20.2. The molecule has 2 heterocycles. The van der Waals surface area contributed by atoms with E-state index in [9.17, 15) is 9.59 Å². The molecule has 2 amide bonds. The Kier molecular flexibility index (Phi) is 6.16. The number of carbonyl (C=O) groups is 2. The first kappa shape index (κ1) is 22.9. The minimum Gasteiger partial charge on any atom is -0.497 e. The molecule has 0 radical (unpaired) electrons. The van der Waals surface area contributed by atoms with Gasteiger partial charge in [0.15, 0.2) is 0 Å². The number of ether oxygens (including phenoxy) is 1. The van der Waals surface area contributed by atoms with Gasteiger partial charge in [-0.1, -0.05) is 18.2 Å². The van der Waals surface area contributed by atoms with Crippen molar-refractivity contribution in [2.24, 2.45) is 11.8 Å². The first-order chi connectivity index (χ1) is 17.0. The Bertz CT molecular complexity index is 1250. The van der Waals surface area contributed by atoms with Crippen molar-refractivity contribution >= 4 is 23.3 Å². The maximum atomic E-state index is 13.3. The molecule has 35 heavy (non-hydrogen) atoms. The molecule has 1 aliphatic heterocycles. The van der Waals surface area contributed by atoms with Gasteiger partial charge < -0.3 is 20.3 Å². The zero-order chi connectivity index (χ0) is 24.5. The normalized spacial score (nSPS) is 20.2. The molecule has 1 saturated heterocycles. The fourth-order valence-corrected chi connectivity index (χ4v) is 5.17. The van der Waals surface area contributed by atoms with Gasteiger partial charge in [0.05, 0.1) is 12.7 Å². The van der Waals surface area contributed by atoms with Crippen molar-refractivity contribution in [3.05, 3.63) is 83.0 Å². The van der Waals surface area contributed by atoms with E-state index in [1.165, 1.54) is 5.56 Å². The molecular weight excluding hydrogens is 440 g/mol. The number of nitrogens with zero attached hydrogens (tertiary/aromatic N) is 2. The lowest BCUT2D eigenvalue weighted by Gasteiger charge is -2.21. The van der Waals surface area contributed by atoms with Gasteiger partial charge in [0.25, 0.3) is 11.8 Å². The third-order valence-corrected chi connectivity index (χ3v) is 7.11. The summed E-state index contributed by atoms with van der Waals surface area (Å²) in [5.41, 5.74) is 3.90. The SMILES string of the molecule is CCNc1ncccc1C(=O)Nc1cc(C(=O)N2CC3C(C2)C3c2ccc(OC)cc2)ccc1C. The molecule has 2 aromatic carbocycles. The minimum absolute atomic E-state index is 0.0101. The lowest BCUT2D eigenvalue weighted by atomic mass is 10.1. The summed E-state index contributed by atoms with van der Waals surface area (Å²) >= 11 is 0. The number of pyridine rings is 1. The van der Waals surface area contributed by atoms with E-state index in [2.05, 4.69) is 27.8 Å². The van der Waals surface area contributed by atoms with Gasteiger partial charge in [-0.2, -0.15) is 0 Å². The van der Waals surface area contributed by atoms with Crippen molar-refractivity contribution in [3.63, 3.8) is 0 Å². The van der Waals surface area contributed by atoms with E-state index in [1.54, 1.807) is 31.5 Å². The number of benzene rings is 2. The van der Waals surface area contributed by atoms with E-state index in [0.29, 0.717) is 46.9 Å². The molecule has 2 fully saturated rings. The second-order valence-corrected chi connectivity index (χ2v) is 9.25. The quantitative estimate of drug-likeness (QED) is 0.529. The molecule has 1 saturated carbocycles. The molecule has 2 atom stereocenters. The first-order valence-corrected chi connectivity index (χ1v) is 12.0. The third kappa shape index (κ3) is 4.46. The molecule has 7 heteroatoms. The van der Waals surface area contributed by atoms with Crippen molar-refractivity contribution in [1.29, 1.82) is 0 Å². The van der Waals surface area contributed by atoms with Crippen molar-refractivity contribution in [3.8, 4) is 5.75 Å². The number of aromatic nitrogens is 1. The van der Waals surface area contributed by atoms with E-state index in [0.717, 1.165) is 24.4 Å². The summed E-state index contributed by atoms with van der Waals surface area (Å²) in [5.74, 6) is 2.68. The Morgan fingerprint density at radius 3 is 2.51 bits per heavy atom. The standard InChI is InChI=1S/C28H30N4O3/c1-4-29-26-21(6-5-13-30-26)27(33)31-24-14-19(8-7-17(24)2)28(34)32-15-22-23(16-32)25(22)18-9-11-20(35-3)12-10-18/h5-14,22-23,25H,4,15-16H2,1-3H3,(H,29,30)(H,31,33). The van der Waals surface area contributed by atoms with Gasteiger partial charge in [0.2, 0.25) is 0 Å². The summed E-state index contributed by atoms with van der Waals surface area (Å²) in [4.78, 5) is 32.4. The highest BCUT2D eigenvalue weighted by Gasteiger charge is 2.57. The number of hydrogen-bond donors (Lipinski definition) is 2. The molecule has 0 bridgehead atoms. The maximum Gasteiger partial charge on any atom is 0.259 e. The number of piperidine rings is 1. The Balaban J connectivity index is 1.26. The Labute approximate surface area is 205 Å². The van der Waals surface area contributed by atoms with Crippen LogP contribution in [0.1, 0.15) is 44.7 Å².